The van der Waals surface area contributed by atoms with Crippen molar-refractivity contribution in [3.05, 3.63) is 29.8 Å². The summed E-state index contributed by atoms with van der Waals surface area (Å²) in [6.45, 7) is 2.67. The van der Waals surface area contributed by atoms with Gasteiger partial charge in [0.25, 0.3) is 0 Å². The van der Waals surface area contributed by atoms with Gasteiger partial charge in [0.1, 0.15) is 5.75 Å². The second-order valence-electron chi connectivity index (χ2n) is 6.34. The fraction of sp³-hybridized carbons (Fsp3) is 0.625. The highest BCUT2D eigenvalue weighted by Gasteiger charge is 2.26. The molecule has 0 aromatic heterocycles. The van der Waals surface area contributed by atoms with E-state index in [-0.39, 0.29) is 5.75 Å². The molecule has 20 heavy (non-hydrogen) atoms. The van der Waals surface area contributed by atoms with Gasteiger partial charge >= 0.3 is 6.61 Å². The molecule has 2 rings (SSSR count). The molecule has 0 atom stereocenters. The molecule has 0 bridgehead atoms. The third-order valence-corrected chi connectivity index (χ3v) is 4.08. The van der Waals surface area contributed by atoms with E-state index in [1.807, 2.05) is 12.1 Å². The molecular formula is C16H23F2NO. The first-order valence-corrected chi connectivity index (χ1v) is 7.22. The molecule has 4 heteroatoms. The van der Waals surface area contributed by atoms with Crippen molar-refractivity contribution in [2.75, 3.05) is 0 Å². The second-order valence-corrected chi connectivity index (χ2v) is 6.34. The van der Waals surface area contributed by atoms with Gasteiger partial charge in [-0.25, -0.2) is 0 Å². The normalized spacial score (nSPS) is 19.2. The average molecular weight is 283 g/mol. The summed E-state index contributed by atoms with van der Waals surface area (Å²) in [5.74, 6) is 0.211. The van der Waals surface area contributed by atoms with Crippen LogP contribution in [0.3, 0.4) is 0 Å². The van der Waals surface area contributed by atoms with Gasteiger partial charge in [0, 0.05) is 12.6 Å². The molecule has 0 heterocycles. The Morgan fingerprint density at radius 2 is 1.80 bits per heavy atom. The molecule has 1 fully saturated rings. The van der Waals surface area contributed by atoms with Crippen LogP contribution in [0.2, 0.25) is 0 Å². The third-order valence-electron chi connectivity index (χ3n) is 4.08. The van der Waals surface area contributed by atoms with E-state index >= 15 is 0 Å². The smallest absolute Gasteiger partial charge is 0.387 e. The summed E-state index contributed by atoms with van der Waals surface area (Å²) in [4.78, 5) is 0. The lowest BCUT2D eigenvalue weighted by atomic mass is 9.75. The van der Waals surface area contributed by atoms with E-state index in [9.17, 15) is 8.78 Å². The highest BCUT2D eigenvalue weighted by molar-refractivity contribution is 5.27. The molecule has 1 saturated carbocycles. The van der Waals surface area contributed by atoms with E-state index in [0.717, 1.165) is 12.1 Å². The van der Waals surface area contributed by atoms with E-state index in [1.54, 1.807) is 12.1 Å². The number of alkyl halides is 2. The first-order valence-electron chi connectivity index (χ1n) is 7.22. The van der Waals surface area contributed by atoms with E-state index in [0.29, 0.717) is 11.5 Å². The van der Waals surface area contributed by atoms with Gasteiger partial charge in [-0.1, -0.05) is 26.0 Å². The summed E-state index contributed by atoms with van der Waals surface area (Å²) < 4.78 is 28.4. The standard InChI is InChI=1S/C16H23F2NO/c1-16(2)9-7-13(8-10-16)19-11-12-3-5-14(6-4-12)20-15(17)18/h3-6,13,15,19H,7-11H2,1-2H3. The van der Waals surface area contributed by atoms with Crippen LogP contribution < -0.4 is 10.1 Å². The zero-order chi connectivity index (χ0) is 14.6. The van der Waals surface area contributed by atoms with E-state index < -0.39 is 6.61 Å². The Balaban J connectivity index is 1.77. The molecule has 0 radical (unpaired) electrons. The van der Waals surface area contributed by atoms with Crippen LogP contribution in [0.5, 0.6) is 5.75 Å². The first kappa shape index (κ1) is 15.2. The Bertz CT molecular complexity index is 407. The number of ether oxygens (including phenoxy) is 1. The topological polar surface area (TPSA) is 21.3 Å². The quantitative estimate of drug-likeness (QED) is 0.867. The molecule has 1 aliphatic carbocycles. The van der Waals surface area contributed by atoms with Crippen LogP contribution in [-0.4, -0.2) is 12.7 Å². The minimum atomic E-state index is -2.76. The van der Waals surface area contributed by atoms with Crippen molar-refractivity contribution in [2.24, 2.45) is 5.41 Å². The maximum atomic E-state index is 12.0. The predicted molar refractivity (Wildman–Crippen MR) is 76.0 cm³/mol. The van der Waals surface area contributed by atoms with Crippen molar-refractivity contribution in [1.29, 1.82) is 0 Å². The van der Waals surface area contributed by atoms with Crippen molar-refractivity contribution < 1.29 is 13.5 Å². The van der Waals surface area contributed by atoms with Gasteiger partial charge in [-0.15, -0.1) is 0 Å². The van der Waals surface area contributed by atoms with Gasteiger partial charge in [0.15, 0.2) is 0 Å². The molecular weight excluding hydrogens is 260 g/mol. The molecule has 1 aromatic rings. The van der Waals surface area contributed by atoms with E-state index in [4.69, 9.17) is 0 Å². The van der Waals surface area contributed by atoms with Gasteiger partial charge in [-0.2, -0.15) is 8.78 Å². The molecule has 112 valence electrons. The molecule has 1 aromatic carbocycles. The maximum Gasteiger partial charge on any atom is 0.387 e. The molecule has 0 saturated heterocycles. The van der Waals surface area contributed by atoms with Gasteiger partial charge in [-0.05, 0) is 48.8 Å². The predicted octanol–water partition coefficient (Wildman–Crippen LogP) is 4.35. The summed E-state index contributed by atoms with van der Waals surface area (Å²) in [5.41, 5.74) is 1.57. The number of halogens is 2. The molecule has 2 nitrogen and oxygen atoms in total. The SMILES string of the molecule is CC1(C)CCC(NCc2ccc(OC(F)F)cc2)CC1. The third kappa shape index (κ3) is 4.75. The molecule has 0 unspecified atom stereocenters. The highest BCUT2D eigenvalue weighted by Crippen LogP contribution is 2.35. The minimum absolute atomic E-state index is 0.211. The van der Waals surface area contributed by atoms with Crippen LogP contribution in [0.25, 0.3) is 0 Å². The Labute approximate surface area is 119 Å². The monoisotopic (exact) mass is 283 g/mol. The van der Waals surface area contributed by atoms with Crippen molar-refractivity contribution in [3.8, 4) is 5.75 Å². The zero-order valence-corrected chi connectivity index (χ0v) is 12.2. The van der Waals surface area contributed by atoms with Gasteiger partial charge in [-0.3, -0.25) is 0 Å². The molecule has 0 aliphatic heterocycles. The summed E-state index contributed by atoms with van der Waals surface area (Å²) in [6.07, 6.45) is 4.93. The molecule has 1 aliphatic rings. The average Bonchev–Trinajstić information content (AvgIpc) is 2.38. The number of hydrogen-bond acceptors (Lipinski definition) is 2. The fourth-order valence-electron chi connectivity index (χ4n) is 2.65. The van der Waals surface area contributed by atoms with Crippen molar-refractivity contribution in [2.45, 2.75) is 58.7 Å². The number of rotatable bonds is 5. The van der Waals surface area contributed by atoms with Crippen LogP contribution in [0.1, 0.15) is 45.1 Å². The summed E-state index contributed by atoms with van der Waals surface area (Å²) in [5, 5.41) is 3.55. The fourth-order valence-corrected chi connectivity index (χ4v) is 2.65. The van der Waals surface area contributed by atoms with Gasteiger partial charge < -0.3 is 10.1 Å². The minimum Gasteiger partial charge on any atom is -0.435 e. The van der Waals surface area contributed by atoms with Gasteiger partial charge in [0.05, 0.1) is 0 Å². The van der Waals surface area contributed by atoms with E-state index in [2.05, 4.69) is 23.9 Å². The van der Waals surface area contributed by atoms with Crippen LogP contribution >= 0.6 is 0 Å². The summed E-state index contributed by atoms with van der Waals surface area (Å²) in [7, 11) is 0. The number of benzene rings is 1. The Morgan fingerprint density at radius 1 is 1.20 bits per heavy atom. The van der Waals surface area contributed by atoms with Crippen molar-refractivity contribution in [3.63, 3.8) is 0 Å². The Morgan fingerprint density at radius 3 is 2.35 bits per heavy atom. The maximum absolute atomic E-state index is 12.0. The van der Waals surface area contributed by atoms with Gasteiger partial charge in [0.2, 0.25) is 0 Å². The van der Waals surface area contributed by atoms with Crippen LogP contribution in [0.4, 0.5) is 8.78 Å². The highest BCUT2D eigenvalue weighted by atomic mass is 19.3. The van der Waals surface area contributed by atoms with Crippen LogP contribution in [-0.2, 0) is 6.54 Å². The lowest BCUT2D eigenvalue weighted by molar-refractivity contribution is -0.0498. The first-order chi connectivity index (χ1) is 9.44. The zero-order valence-electron chi connectivity index (χ0n) is 12.2. The largest absolute Gasteiger partial charge is 0.435 e. The van der Waals surface area contributed by atoms with E-state index in [1.165, 1.54) is 25.7 Å². The molecule has 0 spiro atoms. The molecule has 0 amide bonds. The molecule has 1 N–H and O–H groups in total. The van der Waals surface area contributed by atoms with Crippen molar-refractivity contribution >= 4 is 0 Å². The van der Waals surface area contributed by atoms with Crippen LogP contribution in [0.15, 0.2) is 24.3 Å². The Kier molecular flexibility index (Phi) is 4.97. The second kappa shape index (κ2) is 6.53. The number of nitrogens with one attached hydrogen (secondary N) is 1. The number of hydrogen-bond donors (Lipinski definition) is 1. The summed E-state index contributed by atoms with van der Waals surface area (Å²) in [6, 6.07) is 7.41. The summed E-state index contributed by atoms with van der Waals surface area (Å²) >= 11 is 0. The lowest BCUT2D eigenvalue weighted by Crippen LogP contribution is -2.35. The Hall–Kier alpha value is -1.16. The van der Waals surface area contributed by atoms with Crippen LogP contribution in [0, 0.1) is 5.41 Å². The van der Waals surface area contributed by atoms with Crippen molar-refractivity contribution in [1.82, 2.24) is 5.32 Å². The lowest BCUT2D eigenvalue weighted by Gasteiger charge is -2.34.